The standard InChI is InChI=1S/C15H21NO2/c1-12(2)15(11-16,9-4-10-17)13-5-7-14(18-3)8-6-13/h5-8,12,17H,4,9-10H2,1-3H3. The van der Waals surface area contributed by atoms with Gasteiger partial charge in [-0.3, -0.25) is 0 Å². The van der Waals surface area contributed by atoms with Crippen molar-refractivity contribution in [2.45, 2.75) is 32.1 Å². The lowest BCUT2D eigenvalue weighted by Gasteiger charge is -2.31. The first kappa shape index (κ1) is 14.5. The maximum Gasteiger partial charge on any atom is 0.118 e. The van der Waals surface area contributed by atoms with Crippen LogP contribution in [0.15, 0.2) is 24.3 Å². The molecular weight excluding hydrogens is 226 g/mol. The lowest BCUT2D eigenvalue weighted by molar-refractivity contribution is 0.256. The van der Waals surface area contributed by atoms with E-state index >= 15 is 0 Å². The summed E-state index contributed by atoms with van der Waals surface area (Å²) < 4.78 is 5.13. The molecule has 1 aromatic carbocycles. The Labute approximate surface area is 109 Å². The van der Waals surface area contributed by atoms with E-state index in [2.05, 4.69) is 6.07 Å². The van der Waals surface area contributed by atoms with Gasteiger partial charge in [0.25, 0.3) is 0 Å². The third-order valence-corrected chi connectivity index (χ3v) is 3.52. The minimum absolute atomic E-state index is 0.117. The number of hydrogen-bond donors (Lipinski definition) is 1. The van der Waals surface area contributed by atoms with Crippen molar-refractivity contribution in [2.24, 2.45) is 5.92 Å². The number of aliphatic hydroxyl groups is 1. The molecule has 0 fully saturated rings. The van der Waals surface area contributed by atoms with Crippen molar-refractivity contribution < 1.29 is 9.84 Å². The van der Waals surface area contributed by atoms with Gasteiger partial charge in [0.15, 0.2) is 0 Å². The summed E-state index contributed by atoms with van der Waals surface area (Å²) in [5.41, 5.74) is 0.462. The average molecular weight is 247 g/mol. The number of nitriles is 1. The van der Waals surface area contributed by atoms with E-state index in [9.17, 15) is 5.26 Å². The van der Waals surface area contributed by atoms with Crippen molar-refractivity contribution in [2.75, 3.05) is 13.7 Å². The van der Waals surface area contributed by atoms with Crippen LogP contribution in [0.25, 0.3) is 0 Å². The first-order valence-electron chi connectivity index (χ1n) is 6.27. The van der Waals surface area contributed by atoms with Crippen LogP contribution in [0.1, 0.15) is 32.3 Å². The zero-order valence-corrected chi connectivity index (χ0v) is 11.3. The molecule has 0 radical (unpaired) electrons. The minimum atomic E-state index is -0.533. The van der Waals surface area contributed by atoms with Gasteiger partial charge in [0.2, 0.25) is 0 Å². The van der Waals surface area contributed by atoms with E-state index < -0.39 is 5.41 Å². The number of benzene rings is 1. The van der Waals surface area contributed by atoms with Crippen LogP contribution in [0.3, 0.4) is 0 Å². The highest BCUT2D eigenvalue weighted by molar-refractivity contribution is 5.37. The van der Waals surface area contributed by atoms with Gasteiger partial charge in [-0.05, 0) is 36.5 Å². The van der Waals surface area contributed by atoms with E-state index in [0.29, 0.717) is 12.8 Å². The number of aliphatic hydroxyl groups excluding tert-OH is 1. The summed E-state index contributed by atoms with van der Waals surface area (Å²) >= 11 is 0. The summed E-state index contributed by atoms with van der Waals surface area (Å²) in [6.07, 6.45) is 1.31. The first-order valence-corrected chi connectivity index (χ1v) is 6.27. The molecule has 1 atom stereocenters. The molecule has 0 amide bonds. The van der Waals surface area contributed by atoms with E-state index in [4.69, 9.17) is 9.84 Å². The number of nitrogens with zero attached hydrogens (tertiary/aromatic N) is 1. The normalized spacial score (nSPS) is 14.0. The Morgan fingerprint density at radius 2 is 1.94 bits per heavy atom. The monoisotopic (exact) mass is 247 g/mol. The van der Waals surface area contributed by atoms with Crippen molar-refractivity contribution >= 4 is 0 Å². The summed E-state index contributed by atoms with van der Waals surface area (Å²) in [5.74, 6) is 0.985. The van der Waals surface area contributed by atoms with Crippen LogP contribution >= 0.6 is 0 Å². The van der Waals surface area contributed by atoms with Gasteiger partial charge in [-0.1, -0.05) is 26.0 Å². The Hall–Kier alpha value is -1.53. The fraction of sp³-hybridized carbons (Fsp3) is 0.533. The SMILES string of the molecule is COc1ccc(C(C#N)(CCCO)C(C)C)cc1. The van der Waals surface area contributed by atoms with Gasteiger partial charge < -0.3 is 9.84 Å². The molecule has 3 heteroatoms. The number of ether oxygens (including phenoxy) is 1. The number of methoxy groups -OCH3 is 1. The Balaban J connectivity index is 3.12. The zero-order chi connectivity index (χ0) is 13.6. The molecule has 0 heterocycles. The molecule has 0 bridgehead atoms. The van der Waals surface area contributed by atoms with Gasteiger partial charge in [-0.25, -0.2) is 0 Å². The highest BCUT2D eigenvalue weighted by Crippen LogP contribution is 2.37. The average Bonchev–Trinajstić information content (AvgIpc) is 2.40. The summed E-state index contributed by atoms with van der Waals surface area (Å²) in [5, 5.41) is 18.6. The predicted molar refractivity (Wildman–Crippen MR) is 71.4 cm³/mol. The van der Waals surface area contributed by atoms with Crippen LogP contribution in [0, 0.1) is 17.2 Å². The molecular formula is C15H21NO2. The molecule has 1 unspecified atom stereocenters. The van der Waals surface area contributed by atoms with Gasteiger partial charge in [0, 0.05) is 6.61 Å². The lowest BCUT2D eigenvalue weighted by Crippen LogP contribution is -2.31. The minimum Gasteiger partial charge on any atom is -0.497 e. The summed E-state index contributed by atoms with van der Waals surface area (Å²) in [6.45, 7) is 4.21. The van der Waals surface area contributed by atoms with Crippen molar-refractivity contribution in [3.8, 4) is 11.8 Å². The van der Waals surface area contributed by atoms with Gasteiger partial charge in [-0.15, -0.1) is 0 Å². The van der Waals surface area contributed by atoms with Gasteiger partial charge in [0.05, 0.1) is 18.6 Å². The highest BCUT2D eigenvalue weighted by Gasteiger charge is 2.35. The molecule has 0 aromatic heterocycles. The third-order valence-electron chi connectivity index (χ3n) is 3.52. The molecule has 0 aliphatic carbocycles. The number of hydrogen-bond acceptors (Lipinski definition) is 3. The molecule has 1 N–H and O–H groups in total. The maximum absolute atomic E-state index is 9.59. The second-order valence-corrected chi connectivity index (χ2v) is 4.79. The van der Waals surface area contributed by atoms with E-state index in [1.807, 2.05) is 38.1 Å². The fourth-order valence-corrected chi connectivity index (χ4v) is 2.26. The lowest BCUT2D eigenvalue weighted by atomic mass is 9.70. The molecule has 1 aromatic rings. The van der Waals surface area contributed by atoms with E-state index in [1.165, 1.54) is 0 Å². The molecule has 3 nitrogen and oxygen atoms in total. The zero-order valence-electron chi connectivity index (χ0n) is 11.3. The summed E-state index contributed by atoms with van der Waals surface area (Å²) in [4.78, 5) is 0. The van der Waals surface area contributed by atoms with Gasteiger partial charge in [-0.2, -0.15) is 5.26 Å². The second-order valence-electron chi connectivity index (χ2n) is 4.79. The fourth-order valence-electron chi connectivity index (χ4n) is 2.26. The van der Waals surface area contributed by atoms with E-state index in [1.54, 1.807) is 7.11 Å². The van der Waals surface area contributed by atoms with Crippen molar-refractivity contribution in [1.82, 2.24) is 0 Å². The maximum atomic E-state index is 9.59. The van der Waals surface area contributed by atoms with Crippen LogP contribution in [0.5, 0.6) is 5.75 Å². The van der Waals surface area contributed by atoms with Crippen LogP contribution in [-0.4, -0.2) is 18.8 Å². The Morgan fingerprint density at radius 3 is 2.33 bits per heavy atom. The molecule has 0 aliphatic heterocycles. The van der Waals surface area contributed by atoms with E-state index in [0.717, 1.165) is 11.3 Å². The smallest absolute Gasteiger partial charge is 0.118 e. The van der Waals surface area contributed by atoms with Crippen LogP contribution in [0.2, 0.25) is 0 Å². The molecule has 98 valence electrons. The van der Waals surface area contributed by atoms with Crippen molar-refractivity contribution in [3.05, 3.63) is 29.8 Å². The van der Waals surface area contributed by atoms with E-state index in [-0.39, 0.29) is 12.5 Å². The van der Waals surface area contributed by atoms with Gasteiger partial charge in [0.1, 0.15) is 5.75 Å². The van der Waals surface area contributed by atoms with Crippen LogP contribution < -0.4 is 4.74 Å². The van der Waals surface area contributed by atoms with Crippen LogP contribution in [0.4, 0.5) is 0 Å². The van der Waals surface area contributed by atoms with Gasteiger partial charge >= 0.3 is 0 Å². The number of rotatable bonds is 6. The third kappa shape index (κ3) is 2.83. The van der Waals surface area contributed by atoms with Crippen LogP contribution in [-0.2, 0) is 5.41 Å². The highest BCUT2D eigenvalue weighted by atomic mass is 16.5. The molecule has 0 spiro atoms. The molecule has 0 saturated carbocycles. The van der Waals surface area contributed by atoms with Crippen molar-refractivity contribution in [1.29, 1.82) is 5.26 Å². The summed E-state index contributed by atoms with van der Waals surface area (Å²) in [6, 6.07) is 10.1. The Morgan fingerprint density at radius 1 is 1.33 bits per heavy atom. The molecule has 0 aliphatic rings. The topological polar surface area (TPSA) is 53.2 Å². The largest absolute Gasteiger partial charge is 0.497 e. The molecule has 0 saturated heterocycles. The first-order chi connectivity index (χ1) is 8.60. The molecule has 18 heavy (non-hydrogen) atoms. The Kier molecular flexibility index (Phi) is 5.18. The predicted octanol–water partition coefficient (Wildman–Crippen LogP) is 2.89. The second kappa shape index (κ2) is 6.42. The Bertz CT molecular complexity index is 405. The molecule has 1 rings (SSSR count). The quantitative estimate of drug-likeness (QED) is 0.841. The summed E-state index contributed by atoms with van der Waals surface area (Å²) in [7, 11) is 1.63. The van der Waals surface area contributed by atoms with Crippen molar-refractivity contribution in [3.63, 3.8) is 0 Å².